The highest BCUT2D eigenvalue weighted by molar-refractivity contribution is 6.13. The van der Waals surface area contributed by atoms with Gasteiger partial charge in [0.1, 0.15) is 44.9 Å². The third kappa shape index (κ3) is 5.16. The van der Waals surface area contributed by atoms with Crippen molar-refractivity contribution in [3.8, 4) is 11.4 Å². The smallest absolute Gasteiger partial charge is 0.168 e. The van der Waals surface area contributed by atoms with Crippen molar-refractivity contribution in [2.75, 3.05) is 0 Å². The molecule has 3 aliphatic heterocycles. The summed E-state index contributed by atoms with van der Waals surface area (Å²) >= 11 is 0. The minimum Gasteiger partial charge on any atom is -0.456 e. The summed E-state index contributed by atoms with van der Waals surface area (Å²) in [5, 5.41) is 4.14. The predicted molar refractivity (Wildman–Crippen MR) is 216 cm³/mol. The molecule has 0 fully saturated rings. The molecule has 3 aromatic heterocycles. The molecule has 2 N–H and O–H groups in total. The quantitative estimate of drug-likeness (QED) is 0.159. The zero-order valence-corrected chi connectivity index (χ0v) is 30.7. The van der Waals surface area contributed by atoms with Crippen LogP contribution in [0, 0.1) is 5.41 Å². The maximum absolute atomic E-state index is 6.85. The fraction of sp³-hybridized carbons (Fsp3) is 0.182. The van der Waals surface area contributed by atoms with Gasteiger partial charge in [0, 0.05) is 32.7 Å². The van der Waals surface area contributed by atoms with Crippen LogP contribution in [0.1, 0.15) is 58.8 Å². The fourth-order valence-corrected chi connectivity index (χ4v) is 7.36. The van der Waals surface area contributed by atoms with E-state index in [1.54, 1.807) is 0 Å². The Balaban J connectivity index is 1.50. The van der Waals surface area contributed by atoms with E-state index in [2.05, 4.69) is 51.5 Å². The van der Waals surface area contributed by atoms with Crippen molar-refractivity contribution >= 4 is 89.1 Å². The number of para-hydroxylation sites is 2. The topological polar surface area (TPSA) is 135 Å². The monoisotopic (exact) mass is 708 g/mol. The molecule has 54 heavy (non-hydrogen) atoms. The molecule has 0 spiro atoms. The molecule has 4 aromatic carbocycles. The van der Waals surface area contributed by atoms with Crippen LogP contribution in [-0.2, 0) is 5.41 Å². The molecule has 6 heterocycles. The number of hydrogen-bond acceptors (Lipinski definition) is 8. The van der Waals surface area contributed by atoms with Crippen LogP contribution in [0.15, 0.2) is 99.8 Å². The van der Waals surface area contributed by atoms with Gasteiger partial charge in [-0.15, -0.1) is 0 Å². The lowest BCUT2D eigenvalue weighted by atomic mass is 9.86. The highest BCUT2D eigenvalue weighted by Gasteiger charge is 2.27. The van der Waals surface area contributed by atoms with Crippen LogP contribution in [0.4, 0.5) is 0 Å². The number of allylic oxidation sites excluding steroid dienone is 1. The molecule has 3 aliphatic rings. The highest BCUT2D eigenvalue weighted by Crippen LogP contribution is 2.39. The lowest BCUT2D eigenvalue weighted by Crippen LogP contribution is -2.10. The van der Waals surface area contributed by atoms with E-state index >= 15 is 0 Å². The first-order chi connectivity index (χ1) is 26.0. The Bertz CT molecular complexity index is 3200. The van der Waals surface area contributed by atoms with E-state index in [4.69, 9.17) is 38.7 Å². The molecule has 0 aliphatic carbocycles. The van der Waals surface area contributed by atoms with E-state index in [0.717, 1.165) is 43.6 Å². The van der Waals surface area contributed by atoms with Crippen LogP contribution in [0.25, 0.3) is 101 Å². The molecule has 0 atom stereocenters. The van der Waals surface area contributed by atoms with Crippen molar-refractivity contribution < 1.29 is 8.83 Å². The Labute approximate surface area is 309 Å². The third-order valence-electron chi connectivity index (χ3n) is 9.98. The van der Waals surface area contributed by atoms with Crippen molar-refractivity contribution in [2.45, 2.75) is 47.0 Å². The Kier molecular flexibility index (Phi) is 6.76. The van der Waals surface area contributed by atoms with Crippen molar-refractivity contribution in [3.63, 3.8) is 0 Å². The maximum atomic E-state index is 6.85. The molecule has 8 bridgehead atoms. The standard InChI is InChI=1S/C44H36N8O2/c1-43(2,3)27-21-33-45-37-25-15-11-19-31-35(25)41(50-37)52-42-36-26(38(51-42)49-40-28(44(4,5)6)22-34(48-40)47-39(27)46-33)16-12-20-32(36)54-30-18-10-8-14-24(30)23-13-7-9-17-29(23)53-31/h7-22H,1-6H3,(H2,45,46,47,48,49,50,51,52). The number of nitrogens with zero attached hydrogens (tertiary/aromatic N) is 6. The second-order valence-electron chi connectivity index (χ2n) is 15.9. The van der Waals surface area contributed by atoms with Crippen LogP contribution in [0.5, 0.6) is 0 Å². The summed E-state index contributed by atoms with van der Waals surface area (Å²) in [4.78, 5) is 37.9. The molecular weight excluding hydrogens is 673 g/mol. The number of benzene rings is 4. The number of aromatic nitrogens is 8. The number of hydrogen-bond donors (Lipinski definition) is 2. The maximum Gasteiger partial charge on any atom is 0.168 e. The van der Waals surface area contributed by atoms with E-state index in [1.807, 2.05) is 97.1 Å². The van der Waals surface area contributed by atoms with E-state index < -0.39 is 0 Å². The van der Waals surface area contributed by atoms with Crippen molar-refractivity contribution in [1.82, 2.24) is 39.9 Å². The number of rotatable bonds is 0. The van der Waals surface area contributed by atoms with Gasteiger partial charge >= 0.3 is 0 Å². The van der Waals surface area contributed by atoms with Crippen molar-refractivity contribution in [3.05, 3.63) is 108 Å². The summed E-state index contributed by atoms with van der Waals surface area (Å²) < 4.78 is 13.7. The SMILES string of the molecule is CC(C)(C)C1=Cc2nc1nc1[nH]c3nc4nc(nc5cc(C(C)(C)C)c(n2)[nH]5)c2cccc(oc5ccccc5c5ccccc5oc5cccc1c35)c2-4. The van der Waals surface area contributed by atoms with Crippen LogP contribution >= 0.6 is 0 Å². The van der Waals surface area contributed by atoms with Gasteiger partial charge in [-0.25, -0.2) is 29.9 Å². The average Bonchev–Trinajstić information content (AvgIpc) is 3.90. The summed E-state index contributed by atoms with van der Waals surface area (Å²) in [5.41, 5.74) is 7.69. The summed E-state index contributed by atoms with van der Waals surface area (Å²) in [7, 11) is 0. The largest absolute Gasteiger partial charge is 0.456 e. The molecule has 264 valence electrons. The van der Waals surface area contributed by atoms with Gasteiger partial charge in [-0.1, -0.05) is 102 Å². The molecule has 10 nitrogen and oxygen atoms in total. The number of fused-ring (bicyclic) bond motifs is 11. The Morgan fingerprint density at radius 3 is 1.85 bits per heavy atom. The minimum absolute atomic E-state index is 0.238. The minimum atomic E-state index is -0.270. The second-order valence-corrected chi connectivity index (χ2v) is 15.9. The highest BCUT2D eigenvalue weighted by atomic mass is 16.3. The van der Waals surface area contributed by atoms with E-state index in [0.29, 0.717) is 68.0 Å². The molecule has 0 saturated carbocycles. The summed E-state index contributed by atoms with van der Waals surface area (Å²) in [6.45, 7) is 13.0. The van der Waals surface area contributed by atoms with Crippen LogP contribution in [-0.4, -0.2) is 39.9 Å². The van der Waals surface area contributed by atoms with Gasteiger partial charge in [0.25, 0.3) is 0 Å². The Morgan fingerprint density at radius 2 is 1.13 bits per heavy atom. The molecule has 10 heteroatoms. The van der Waals surface area contributed by atoms with Gasteiger partial charge < -0.3 is 18.8 Å². The summed E-state index contributed by atoms with van der Waals surface area (Å²) in [6, 6.07) is 29.9. The molecule has 0 unspecified atom stereocenters. The van der Waals surface area contributed by atoms with Crippen LogP contribution < -0.4 is 0 Å². The first kappa shape index (κ1) is 32.0. The third-order valence-corrected chi connectivity index (χ3v) is 9.98. The summed E-state index contributed by atoms with van der Waals surface area (Å²) in [5.74, 6) is 1.58. The van der Waals surface area contributed by atoms with Gasteiger partial charge in [0.15, 0.2) is 23.1 Å². The zero-order chi connectivity index (χ0) is 36.9. The van der Waals surface area contributed by atoms with E-state index in [9.17, 15) is 0 Å². The summed E-state index contributed by atoms with van der Waals surface area (Å²) in [6.07, 6.45) is 2.03. The number of aromatic amines is 2. The van der Waals surface area contributed by atoms with Gasteiger partial charge in [-0.05, 0) is 47.2 Å². The first-order valence-electron chi connectivity index (χ1n) is 18.0. The van der Waals surface area contributed by atoms with Gasteiger partial charge in [0.05, 0.1) is 10.9 Å². The molecule has 0 amide bonds. The van der Waals surface area contributed by atoms with Crippen LogP contribution in [0.2, 0.25) is 0 Å². The van der Waals surface area contributed by atoms with Crippen molar-refractivity contribution in [1.29, 1.82) is 0 Å². The molecule has 10 rings (SSSR count). The zero-order valence-electron chi connectivity index (χ0n) is 30.7. The molecule has 0 saturated heterocycles. The lowest BCUT2D eigenvalue weighted by Gasteiger charge is -2.18. The van der Waals surface area contributed by atoms with Gasteiger partial charge in [-0.3, -0.25) is 0 Å². The second kappa shape index (κ2) is 11.4. The predicted octanol–water partition coefficient (Wildman–Crippen LogP) is 11.1. The molecule has 0 radical (unpaired) electrons. The Morgan fingerprint density at radius 1 is 0.500 bits per heavy atom. The van der Waals surface area contributed by atoms with Crippen molar-refractivity contribution in [2.24, 2.45) is 5.41 Å². The number of H-pyrrole nitrogens is 2. The van der Waals surface area contributed by atoms with E-state index in [-0.39, 0.29) is 10.8 Å². The van der Waals surface area contributed by atoms with Gasteiger partial charge in [-0.2, -0.15) is 0 Å². The molecule has 7 aromatic rings. The van der Waals surface area contributed by atoms with E-state index in [1.165, 1.54) is 0 Å². The van der Waals surface area contributed by atoms with Crippen LogP contribution in [0.3, 0.4) is 0 Å². The molecular formula is C44H36N8O2. The Hall–Kier alpha value is -6.68. The van der Waals surface area contributed by atoms with Gasteiger partial charge in [0.2, 0.25) is 0 Å². The normalized spacial score (nSPS) is 13.1. The fourth-order valence-electron chi connectivity index (χ4n) is 7.36. The first-order valence-corrected chi connectivity index (χ1v) is 18.0. The average molecular weight is 709 g/mol. The number of nitrogens with one attached hydrogen (secondary N) is 2. The lowest BCUT2D eigenvalue weighted by molar-refractivity contribution is 0.566.